The summed E-state index contributed by atoms with van der Waals surface area (Å²) in [6, 6.07) is 9.02. The standard InChI is InChI=1S/C20H20F2N2O2/c1-3-13-7-4-6-12(2)16(13)23-18(25)20(10-11-20)19(26)24-17-14(21)8-5-9-15(17)22/h4-9H,3,10-11H2,1-2H3,(H,23,25)(H,24,26). The molecule has 1 aliphatic carbocycles. The maximum absolute atomic E-state index is 13.8. The zero-order chi connectivity index (χ0) is 18.9. The van der Waals surface area contributed by atoms with E-state index in [1.807, 2.05) is 32.0 Å². The number of nitrogens with one attached hydrogen (secondary N) is 2. The molecule has 0 heterocycles. The van der Waals surface area contributed by atoms with Crippen molar-refractivity contribution in [1.82, 2.24) is 0 Å². The minimum absolute atomic E-state index is 0.341. The topological polar surface area (TPSA) is 58.2 Å². The summed E-state index contributed by atoms with van der Waals surface area (Å²) in [6.07, 6.45) is 1.42. The molecule has 0 spiro atoms. The normalized spacial score (nSPS) is 14.6. The number of hydrogen-bond acceptors (Lipinski definition) is 2. The van der Waals surface area contributed by atoms with E-state index in [0.717, 1.165) is 29.7 Å². The number of aryl methyl sites for hydroxylation is 2. The lowest BCUT2D eigenvalue weighted by molar-refractivity contribution is -0.131. The molecule has 2 N–H and O–H groups in total. The number of hydrogen-bond donors (Lipinski definition) is 2. The Bertz CT molecular complexity index is 856. The summed E-state index contributed by atoms with van der Waals surface area (Å²) in [5.41, 5.74) is 0.740. The smallest absolute Gasteiger partial charge is 0.240 e. The quantitative estimate of drug-likeness (QED) is 0.788. The lowest BCUT2D eigenvalue weighted by Gasteiger charge is -2.18. The van der Waals surface area contributed by atoms with Crippen molar-refractivity contribution in [2.45, 2.75) is 33.1 Å². The van der Waals surface area contributed by atoms with Gasteiger partial charge in [-0.15, -0.1) is 0 Å². The summed E-state index contributed by atoms with van der Waals surface area (Å²) in [5, 5.41) is 5.08. The van der Waals surface area contributed by atoms with Crippen LogP contribution >= 0.6 is 0 Å². The summed E-state index contributed by atoms with van der Waals surface area (Å²) in [4.78, 5) is 25.3. The van der Waals surface area contributed by atoms with Gasteiger partial charge in [0.2, 0.25) is 11.8 Å². The first-order valence-electron chi connectivity index (χ1n) is 8.54. The van der Waals surface area contributed by atoms with Crippen LogP contribution in [-0.2, 0) is 16.0 Å². The second-order valence-electron chi connectivity index (χ2n) is 6.55. The number of rotatable bonds is 5. The molecule has 2 aromatic carbocycles. The van der Waals surface area contributed by atoms with Gasteiger partial charge < -0.3 is 10.6 Å². The van der Waals surface area contributed by atoms with E-state index in [-0.39, 0.29) is 0 Å². The molecule has 1 fully saturated rings. The third-order valence-electron chi connectivity index (χ3n) is 4.80. The van der Waals surface area contributed by atoms with Gasteiger partial charge in [0.25, 0.3) is 0 Å². The lowest BCUT2D eigenvalue weighted by atomic mass is 10.0. The molecule has 1 saturated carbocycles. The molecule has 1 aliphatic rings. The molecule has 0 bridgehead atoms. The zero-order valence-corrected chi connectivity index (χ0v) is 14.7. The molecule has 0 atom stereocenters. The second-order valence-corrected chi connectivity index (χ2v) is 6.55. The van der Waals surface area contributed by atoms with Gasteiger partial charge in [-0.05, 0) is 49.4 Å². The van der Waals surface area contributed by atoms with Crippen LogP contribution in [0.5, 0.6) is 0 Å². The highest BCUT2D eigenvalue weighted by Gasteiger charge is 2.57. The summed E-state index contributed by atoms with van der Waals surface area (Å²) in [7, 11) is 0. The maximum Gasteiger partial charge on any atom is 0.240 e. The maximum atomic E-state index is 13.8. The predicted octanol–water partition coefficient (Wildman–Crippen LogP) is 4.19. The SMILES string of the molecule is CCc1cccc(C)c1NC(=O)C1(C(=O)Nc2c(F)cccc2F)CC1. The monoisotopic (exact) mass is 358 g/mol. The van der Waals surface area contributed by atoms with Crippen LogP contribution < -0.4 is 10.6 Å². The van der Waals surface area contributed by atoms with Crippen LogP contribution in [0, 0.1) is 24.0 Å². The molecule has 2 amide bonds. The van der Waals surface area contributed by atoms with Crippen LogP contribution in [0.25, 0.3) is 0 Å². The number of anilines is 2. The van der Waals surface area contributed by atoms with Crippen LogP contribution in [0.2, 0.25) is 0 Å². The molecule has 2 aromatic rings. The van der Waals surface area contributed by atoms with Gasteiger partial charge in [-0.1, -0.05) is 31.2 Å². The Morgan fingerprint density at radius 3 is 2.04 bits per heavy atom. The first-order valence-corrected chi connectivity index (χ1v) is 8.54. The van der Waals surface area contributed by atoms with Crippen molar-refractivity contribution in [3.8, 4) is 0 Å². The highest BCUT2D eigenvalue weighted by molar-refractivity contribution is 6.17. The van der Waals surface area contributed by atoms with E-state index >= 15 is 0 Å². The van der Waals surface area contributed by atoms with Crippen molar-refractivity contribution in [3.05, 3.63) is 59.2 Å². The number of amides is 2. The lowest BCUT2D eigenvalue weighted by Crippen LogP contribution is -2.36. The third-order valence-corrected chi connectivity index (χ3v) is 4.80. The van der Waals surface area contributed by atoms with Gasteiger partial charge in [0.1, 0.15) is 22.7 Å². The van der Waals surface area contributed by atoms with Crippen molar-refractivity contribution >= 4 is 23.2 Å². The van der Waals surface area contributed by atoms with Gasteiger partial charge in [-0.25, -0.2) is 8.78 Å². The number of carbonyl (C=O) groups excluding carboxylic acids is 2. The number of carbonyl (C=O) groups is 2. The van der Waals surface area contributed by atoms with Crippen molar-refractivity contribution < 1.29 is 18.4 Å². The average Bonchev–Trinajstić information content (AvgIpc) is 3.42. The number of halogens is 2. The Hall–Kier alpha value is -2.76. The number of para-hydroxylation sites is 2. The fourth-order valence-corrected chi connectivity index (χ4v) is 2.97. The Balaban J connectivity index is 1.81. The van der Waals surface area contributed by atoms with Crippen LogP contribution in [-0.4, -0.2) is 11.8 Å². The zero-order valence-electron chi connectivity index (χ0n) is 14.7. The summed E-state index contributed by atoms with van der Waals surface area (Å²) < 4.78 is 27.5. The highest BCUT2D eigenvalue weighted by Crippen LogP contribution is 2.48. The van der Waals surface area contributed by atoms with Crippen molar-refractivity contribution in [2.75, 3.05) is 10.6 Å². The van der Waals surface area contributed by atoms with Gasteiger partial charge in [-0.3, -0.25) is 9.59 Å². The third kappa shape index (κ3) is 3.19. The van der Waals surface area contributed by atoms with Gasteiger partial charge in [-0.2, -0.15) is 0 Å². The molecule has 4 nitrogen and oxygen atoms in total. The van der Waals surface area contributed by atoms with Gasteiger partial charge in [0.05, 0.1) is 0 Å². The Morgan fingerprint density at radius 1 is 0.962 bits per heavy atom. The van der Waals surface area contributed by atoms with Crippen LogP contribution in [0.1, 0.15) is 30.9 Å². The van der Waals surface area contributed by atoms with E-state index in [0.29, 0.717) is 18.5 Å². The van der Waals surface area contributed by atoms with Crippen molar-refractivity contribution in [2.24, 2.45) is 5.41 Å². The molecule has 136 valence electrons. The molecule has 0 radical (unpaired) electrons. The predicted molar refractivity (Wildman–Crippen MR) is 95.8 cm³/mol. The first kappa shape index (κ1) is 18.0. The Kier molecular flexibility index (Phi) is 4.76. The van der Waals surface area contributed by atoms with Crippen molar-refractivity contribution in [3.63, 3.8) is 0 Å². The summed E-state index contributed by atoms with van der Waals surface area (Å²) in [5.74, 6) is -2.88. The largest absolute Gasteiger partial charge is 0.325 e. The van der Waals surface area contributed by atoms with Crippen LogP contribution in [0.3, 0.4) is 0 Å². The molecular weight excluding hydrogens is 338 g/mol. The summed E-state index contributed by atoms with van der Waals surface area (Å²) >= 11 is 0. The molecule has 3 rings (SSSR count). The molecule has 0 unspecified atom stereocenters. The molecule has 0 aliphatic heterocycles. The summed E-state index contributed by atoms with van der Waals surface area (Å²) in [6.45, 7) is 3.86. The number of benzene rings is 2. The van der Waals surface area contributed by atoms with E-state index in [4.69, 9.17) is 0 Å². The highest BCUT2D eigenvalue weighted by atomic mass is 19.1. The molecule has 0 aromatic heterocycles. The molecule has 26 heavy (non-hydrogen) atoms. The Labute approximate surface area is 150 Å². The van der Waals surface area contributed by atoms with Crippen LogP contribution in [0.4, 0.5) is 20.2 Å². The molecule has 6 heteroatoms. The van der Waals surface area contributed by atoms with Gasteiger partial charge >= 0.3 is 0 Å². The van der Waals surface area contributed by atoms with Crippen molar-refractivity contribution in [1.29, 1.82) is 0 Å². The minimum Gasteiger partial charge on any atom is -0.325 e. The second kappa shape index (κ2) is 6.86. The van der Waals surface area contributed by atoms with Gasteiger partial charge in [0.15, 0.2) is 0 Å². The molecule has 0 saturated heterocycles. The minimum atomic E-state index is -1.29. The van der Waals surface area contributed by atoms with E-state index in [1.54, 1.807) is 0 Å². The fourth-order valence-electron chi connectivity index (χ4n) is 2.97. The van der Waals surface area contributed by atoms with E-state index in [1.165, 1.54) is 6.07 Å². The average molecular weight is 358 g/mol. The molecular formula is C20H20F2N2O2. The Morgan fingerprint density at radius 2 is 1.50 bits per heavy atom. The van der Waals surface area contributed by atoms with Crippen LogP contribution in [0.15, 0.2) is 36.4 Å². The first-order chi connectivity index (χ1) is 12.4. The fraction of sp³-hybridized carbons (Fsp3) is 0.300. The van der Waals surface area contributed by atoms with E-state index in [9.17, 15) is 18.4 Å². The van der Waals surface area contributed by atoms with E-state index < -0.39 is 34.6 Å². The van der Waals surface area contributed by atoms with E-state index in [2.05, 4.69) is 10.6 Å². The van der Waals surface area contributed by atoms with Gasteiger partial charge in [0, 0.05) is 5.69 Å².